The summed E-state index contributed by atoms with van der Waals surface area (Å²) in [6, 6.07) is 3.71. The van der Waals surface area contributed by atoms with Crippen molar-refractivity contribution in [2.45, 2.75) is 19.9 Å². The molecule has 0 fully saturated rings. The second-order valence-electron chi connectivity index (χ2n) is 4.10. The van der Waals surface area contributed by atoms with Crippen LogP contribution < -0.4 is 5.32 Å². The Morgan fingerprint density at radius 2 is 2.21 bits per heavy atom. The molecule has 0 radical (unpaired) electrons. The largest absolute Gasteiger partial charge is 0.464 e. The molecular formula is C13H15N3O3. The molecule has 1 N–H and O–H groups in total. The third kappa shape index (κ3) is 3.09. The summed E-state index contributed by atoms with van der Waals surface area (Å²) >= 11 is 0. The van der Waals surface area contributed by atoms with Gasteiger partial charge in [0.25, 0.3) is 0 Å². The molecule has 6 heteroatoms. The molecule has 0 amide bonds. The number of rotatable bonds is 4. The Kier molecular flexibility index (Phi) is 3.79. The predicted molar refractivity (Wildman–Crippen MR) is 68.9 cm³/mol. The molecule has 0 aliphatic heterocycles. The van der Waals surface area contributed by atoms with E-state index in [1.807, 2.05) is 26.0 Å². The number of esters is 1. The number of nitrogens with zero attached hydrogens (tertiary/aromatic N) is 2. The molecule has 0 spiro atoms. The van der Waals surface area contributed by atoms with E-state index in [9.17, 15) is 4.79 Å². The van der Waals surface area contributed by atoms with Crippen LogP contribution in [0.3, 0.4) is 0 Å². The second-order valence-corrected chi connectivity index (χ2v) is 4.10. The quantitative estimate of drug-likeness (QED) is 0.851. The van der Waals surface area contributed by atoms with Crippen molar-refractivity contribution in [2.75, 3.05) is 12.4 Å². The van der Waals surface area contributed by atoms with Gasteiger partial charge in [-0.2, -0.15) is 0 Å². The van der Waals surface area contributed by atoms with Gasteiger partial charge in [0.05, 0.1) is 25.5 Å². The van der Waals surface area contributed by atoms with E-state index in [0.29, 0.717) is 5.82 Å². The van der Waals surface area contributed by atoms with Gasteiger partial charge in [0.2, 0.25) is 0 Å². The molecule has 2 aromatic heterocycles. The number of carbonyl (C=O) groups excluding carboxylic acids is 1. The number of anilines is 1. The van der Waals surface area contributed by atoms with Crippen LogP contribution in [0.2, 0.25) is 0 Å². The third-order valence-electron chi connectivity index (χ3n) is 2.58. The molecule has 6 nitrogen and oxygen atoms in total. The van der Waals surface area contributed by atoms with Crippen LogP contribution in [0.15, 0.2) is 28.9 Å². The first kappa shape index (κ1) is 13.1. The Morgan fingerprint density at radius 1 is 1.42 bits per heavy atom. The lowest BCUT2D eigenvalue weighted by Crippen LogP contribution is -2.11. The smallest absolute Gasteiger partial charge is 0.358 e. The highest BCUT2D eigenvalue weighted by Crippen LogP contribution is 2.19. The maximum Gasteiger partial charge on any atom is 0.358 e. The standard InChI is InChI=1S/C13H15N3O3/c1-8-4-5-11(19-8)9(2)15-12-7-14-6-10(16-12)13(17)18-3/h4-7,9H,1-3H3,(H,15,16). The third-order valence-corrected chi connectivity index (χ3v) is 2.58. The van der Waals surface area contributed by atoms with E-state index >= 15 is 0 Å². The van der Waals surface area contributed by atoms with Gasteiger partial charge in [-0.05, 0) is 26.0 Å². The highest BCUT2D eigenvalue weighted by Gasteiger charge is 2.12. The van der Waals surface area contributed by atoms with Crippen LogP contribution >= 0.6 is 0 Å². The number of ether oxygens (including phenoxy) is 1. The Hall–Kier alpha value is -2.37. The van der Waals surface area contributed by atoms with Crippen LogP contribution in [-0.4, -0.2) is 23.0 Å². The van der Waals surface area contributed by atoms with E-state index in [0.717, 1.165) is 11.5 Å². The highest BCUT2D eigenvalue weighted by atomic mass is 16.5. The number of furan rings is 1. The fourth-order valence-electron chi connectivity index (χ4n) is 1.62. The van der Waals surface area contributed by atoms with Gasteiger partial charge < -0.3 is 14.5 Å². The van der Waals surface area contributed by atoms with E-state index in [2.05, 4.69) is 20.0 Å². The van der Waals surface area contributed by atoms with E-state index in [1.165, 1.54) is 13.3 Å². The molecule has 0 aliphatic rings. The summed E-state index contributed by atoms with van der Waals surface area (Å²) in [6.45, 7) is 3.82. The fourth-order valence-corrected chi connectivity index (χ4v) is 1.62. The van der Waals surface area contributed by atoms with Gasteiger partial charge in [0.15, 0.2) is 5.69 Å². The molecule has 19 heavy (non-hydrogen) atoms. The highest BCUT2D eigenvalue weighted by molar-refractivity contribution is 5.87. The fraction of sp³-hybridized carbons (Fsp3) is 0.308. The number of hydrogen-bond acceptors (Lipinski definition) is 6. The molecule has 0 aromatic carbocycles. The molecule has 1 atom stereocenters. The van der Waals surface area contributed by atoms with Crippen LogP contribution in [0.4, 0.5) is 5.82 Å². The number of hydrogen-bond donors (Lipinski definition) is 1. The van der Waals surface area contributed by atoms with Crippen molar-refractivity contribution in [3.05, 3.63) is 41.7 Å². The van der Waals surface area contributed by atoms with Crippen molar-refractivity contribution >= 4 is 11.8 Å². The average molecular weight is 261 g/mol. The zero-order valence-corrected chi connectivity index (χ0v) is 11.0. The van der Waals surface area contributed by atoms with E-state index in [-0.39, 0.29) is 11.7 Å². The van der Waals surface area contributed by atoms with E-state index < -0.39 is 5.97 Å². The SMILES string of the molecule is COC(=O)c1cncc(NC(C)c2ccc(C)o2)n1. The lowest BCUT2D eigenvalue weighted by molar-refractivity contribution is 0.0593. The number of nitrogens with one attached hydrogen (secondary N) is 1. The van der Waals surface area contributed by atoms with Gasteiger partial charge in [0, 0.05) is 0 Å². The molecule has 0 aliphatic carbocycles. The molecule has 2 heterocycles. The first-order valence-corrected chi connectivity index (χ1v) is 5.83. The van der Waals surface area contributed by atoms with Crippen molar-refractivity contribution in [1.82, 2.24) is 9.97 Å². The summed E-state index contributed by atoms with van der Waals surface area (Å²) in [5.74, 6) is 1.61. The van der Waals surface area contributed by atoms with Gasteiger partial charge >= 0.3 is 5.97 Å². The molecule has 100 valence electrons. The van der Waals surface area contributed by atoms with Crippen molar-refractivity contribution in [3.8, 4) is 0 Å². The van der Waals surface area contributed by atoms with Crippen LogP contribution in [0, 0.1) is 6.92 Å². The Bertz CT molecular complexity index is 580. The Labute approximate surface area is 110 Å². The minimum atomic E-state index is -0.516. The summed E-state index contributed by atoms with van der Waals surface area (Å²) in [4.78, 5) is 19.4. The Balaban J connectivity index is 2.12. The van der Waals surface area contributed by atoms with Gasteiger partial charge in [-0.3, -0.25) is 4.98 Å². The molecule has 0 saturated carbocycles. The van der Waals surface area contributed by atoms with Gasteiger partial charge in [-0.1, -0.05) is 0 Å². The lowest BCUT2D eigenvalue weighted by atomic mass is 10.2. The first-order valence-electron chi connectivity index (χ1n) is 5.83. The second kappa shape index (κ2) is 5.51. The summed E-state index contributed by atoms with van der Waals surface area (Å²) in [5.41, 5.74) is 0.162. The van der Waals surface area contributed by atoms with Gasteiger partial charge in [-0.15, -0.1) is 0 Å². The number of carbonyl (C=O) groups is 1. The molecular weight excluding hydrogens is 246 g/mol. The average Bonchev–Trinajstić information content (AvgIpc) is 2.85. The van der Waals surface area contributed by atoms with Crippen molar-refractivity contribution in [2.24, 2.45) is 0 Å². The maximum absolute atomic E-state index is 11.4. The first-order chi connectivity index (χ1) is 9.10. The van der Waals surface area contributed by atoms with E-state index in [4.69, 9.17) is 4.42 Å². The summed E-state index contributed by atoms with van der Waals surface area (Å²) in [5, 5.41) is 3.12. The maximum atomic E-state index is 11.4. The molecule has 2 aromatic rings. The van der Waals surface area contributed by atoms with Crippen LogP contribution in [0.5, 0.6) is 0 Å². The molecule has 0 bridgehead atoms. The molecule has 0 saturated heterocycles. The van der Waals surface area contributed by atoms with Gasteiger partial charge in [0.1, 0.15) is 17.3 Å². The Morgan fingerprint density at radius 3 is 2.84 bits per heavy atom. The topological polar surface area (TPSA) is 77.2 Å². The zero-order chi connectivity index (χ0) is 13.8. The predicted octanol–water partition coefficient (Wildman–Crippen LogP) is 2.34. The minimum absolute atomic E-state index is 0.0732. The van der Waals surface area contributed by atoms with Crippen molar-refractivity contribution in [3.63, 3.8) is 0 Å². The summed E-state index contributed by atoms with van der Waals surface area (Å²) in [6.07, 6.45) is 2.90. The summed E-state index contributed by atoms with van der Waals surface area (Å²) < 4.78 is 10.1. The lowest BCUT2D eigenvalue weighted by Gasteiger charge is -2.12. The number of aromatic nitrogens is 2. The summed E-state index contributed by atoms with van der Waals surface area (Å²) in [7, 11) is 1.30. The van der Waals surface area contributed by atoms with Crippen LogP contribution in [-0.2, 0) is 4.74 Å². The molecule has 2 rings (SSSR count). The minimum Gasteiger partial charge on any atom is -0.464 e. The molecule has 1 unspecified atom stereocenters. The van der Waals surface area contributed by atoms with Crippen LogP contribution in [0.1, 0.15) is 35.0 Å². The van der Waals surface area contributed by atoms with Crippen LogP contribution in [0.25, 0.3) is 0 Å². The normalized spacial score (nSPS) is 11.9. The zero-order valence-electron chi connectivity index (χ0n) is 11.0. The van der Waals surface area contributed by atoms with E-state index in [1.54, 1.807) is 6.20 Å². The van der Waals surface area contributed by atoms with Crippen molar-refractivity contribution in [1.29, 1.82) is 0 Å². The monoisotopic (exact) mass is 261 g/mol. The number of aryl methyl sites for hydroxylation is 1. The van der Waals surface area contributed by atoms with Crippen molar-refractivity contribution < 1.29 is 13.9 Å². The number of methoxy groups -OCH3 is 1. The van der Waals surface area contributed by atoms with Gasteiger partial charge in [-0.25, -0.2) is 9.78 Å².